The van der Waals surface area contributed by atoms with Crippen molar-refractivity contribution in [2.75, 3.05) is 18.8 Å². The van der Waals surface area contributed by atoms with Crippen molar-refractivity contribution in [1.29, 1.82) is 0 Å². The van der Waals surface area contributed by atoms with Gasteiger partial charge in [-0.1, -0.05) is 41.9 Å². The summed E-state index contributed by atoms with van der Waals surface area (Å²) in [4.78, 5) is 14.8. The maximum absolute atomic E-state index is 12.6. The van der Waals surface area contributed by atoms with E-state index in [1.54, 1.807) is 11.8 Å². The van der Waals surface area contributed by atoms with Crippen molar-refractivity contribution >= 4 is 39.0 Å². The molecule has 116 valence electrons. The lowest BCUT2D eigenvalue weighted by molar-refractivity contribution is -0.111. The summed E-state index contributed by atoms with van der Waals surface area (Å²) in [5, 5.41) is 0.464. The number of carbonyl (C=O) groups is 1. The number of hydrogen-bond donors (Lipinski definition) is 0. The van der Waals surface area contributed by atoms with Crippen LogP contribution in [-0.4, -0.2) is 34.8 Å². The van der Waals surface area contributed by atoms with Crippen LogP contribution < -0.4 is 0 Å². The number of halogens is 1. The number of ketones is 1. The number of allylic oxidation sites excluding steroid dienone is 1. The molecule has 21 heavy (non-hydrogen) atoms. The molecule has 0 saturated heterocycles. The first-order valence-corrected chi connectivity index (χ1v) is 9.18. The second kappa shape index (κ2) is 9.31. The van der Waals surface area contributed by atoms with Crippen molar-refractivity contribution < 1.29 is 4.79 Å². The largest absolute Gasteiger partial charge is 0.377 e. The Kier molecular flexibility index (Phi) is 8.12. The Morgan fingerprint density at radius 3 is 2.52 bits per heavy atom. The van der Waals surface area contributed by atoms with Gasteiger partial charge in [0.05, 0.1) is 5.75 Å². The number of Topliss-reactive ketones (excluding diaryl/α,β-unsaturated/α-hetero) is 1. The molecule has 1 aromatic rings. The van der Waals surface area contributed by atoms with E-state index in [2.05, 4.69) is 48.5 Å². The summed E-state index contributed by atoms with van der Waals surface area (Å²) in [5.74, 6) is 0.718. The first kappa shape index (κ1) is 18.3. The third-order valence-corrected chi connectivity index (χ3v) is 4.70. The molecule has 0 radical (unpaired) electrons. The molecule has 0 atom stereocenters. The molecule has 0 fully saturated rings. The Balaban J connectivity index is 3.08. The van der Waals surface area contributed by atoms with E-state index in [4.69, 9.17) is 0 Å². The highest BCUT2D eigenvalue weighted by molar-refractivity contribution is 9.10. The summed E-state index contributed by atoms with van der Waals surface area (Å²) in [6, 6.07) is 7.95. The Bertz CT molecular complexity index is 495. The standard InChI is InChI=1S/C17H24BrNOS/c1-5-19(6-2)11-16(17(20)12-21-13(3)4)14-8-7-9-15(18)10-14/h7-11,13H,5-6,12H2,1-4H3. The van der Waals surface area contributed by atoms with E-state index in [1.165, 1.54) is 0 Å². The molecule has 0 unspecified atom stereocenters. The maximum atomic E-state index is 12.6. The van der Waals surface area contributed by atoms with Gasteiger partial charge < -0.3 is 4.90 Å². The number of nitrogens with zero attached hydrogens (tertiary/aromatic N) is 1. The summed E-state index contributed by atoms with van der Waals surface area (Å²) < 4.78 is 0.995. The fraction of sp³-hybridized carbons (Fsp3) is 0.471. The van der Waals surface area contributed by atoms with Crippen molar-refractivity contribution in [2.45, 2.75) is 32.9 Å². The molecule has 1 rings (SSSR count). The summed E-state index contributed by atoms with van der Waals surface area (Å²) in [5.41, 5.74) is 1.78. The monoisotopic (exact) mass is 369 g/mol. The van der Waals surface area contributed by atoms with Crippen LogP contribution in [0.25, 0.3) is 5.57 Å². The predicted octanol–water partition coefficient (Wildman–Crippen LogP) is 4.84. The zero-order valence-corrected chi connectivity index (χ0v) is 15.6. The summed E-state index contributed by atoms with van der Waals surface area (Å²) >= 11 is 5.17. The molecule has 2 nitrogen and oxygen atoms in total. The van der Waals surface area contributed by atoms with Crippen molar-refractivity contribution in [2.24, 2.45) is 0 Å². The van der Waals surface area contributed by atoms with Crippen LogP contribution in [0, 0.1) is 0 Å². The zero-order valence-electron chi connectivity index (χ0n) is 13.2. The average Bonchev–Trinajstić information content (AvgIpc) is 2.46. The van der Waals surface area contributed by atoms with E-state index in [-0.39, 0.29) is 5.78 Å². The highest BCUT2D eigenvalue weighted by Crippen LogP contribution is 2.23. The topological polar surface area (TPSA) is 20.3 Å². The summed E-state index contributed by atoms with van der Waals surface area (Å²) in [6.07, 6.45) is 2.00. The molecule has 1 aromatic carbocycles. The number of rotatable bonds is 8. The van der Waals surface area contributed by atoms with Gasteiger partial charge in [0.25, 0.3) is 0 Å². The van der Waals surface area contributed by atoms with E-state index >= 15 is 0 Å². The molecule has 0 heterocycles. The number of carbonyl (C=O) groups excluding carboxylic acids is 1. The minimum atomic E-state index is 0.193. The van der Waals surface area contributed by atoms with Crippen molar-refractivity contribution in [3.05, 3.63) is 40.5 Å². The molecule has 0 saturated carbocycles. The van der Waals surface area contributed by atoms with Crippen LogP contribution in [0.4, 0.5) is 0 Å². The lowest BCUT2D eigenvalue weighted by atomic mass is 10.0. The molecular weight excluding hydrogens is 346 g/mol. The van der Waals surface area contributed by atoms with Crippen molar-refractivity contribution in [3.8, 4) is 0 Å². The number of hydrogen-bond acceptors (Lipinski definition) is 3. The van der Waals surface area contributed by atoms with E-state index in [1.807, 2.05) is 30.5 Å². The third kappa shape index (κ3) is 6.27. The van der Waals surface area contributed by atoms with Crippen LogP contribution in [0.3, 0.4) is 0 Å². The van der Waals surface area contributed by atoms with Crippen LogP contribution in [0.2, 0.25) is 0 Å². The molecule has 0 aliphatic carbocycles. The van der Waals surface area contributed by atoms with Crippen LogP contribution in [-0.2, 0) is 4.79 Å². The normalized spacial score (nSPS) is 11.8. The Hall–Kier alpha value is -0.740. The highest BCUT2D eigenvalue weighted by atomic mass is 79.9. The van der Waals surface area contributed by atoms with Gasteiger partial charge in [-0.05, 0) is 36.8 Å². The molecular formula is C17H24BrNOS. The van der Waals surface area contributed by atoms with Crippen LogP contribution in [0.15, 0.2) is 34.9 Å². The van der Waals surface area contributed by atoms with Gasteiger partial charge in [-0.25, -0.2) is 0 Å². The second-order valence-corrected chi connectivity index (χ2v) is 7.54. The van der Waals surface area contributed by atoms with Gasteiger partial charge in [-0.2, -0.15) is 11.8 Å². The first-order valence-electron chi connectivity index (χ1n) is 7.34. The van der Waals surface area contributed by atoms with Crippen molar-refractivity contribution in [1.82, 2.24) is 4.90 Å². The SMILES string of the molecule is CCN(C=C(C(=O)CSC(C)C)c1cccc(Br)c1)CC. The molecule has 0 bridgehead atoms. The lowest BCUT2D eigenvalue weighted by Gasteiger charge is -2.18. The van der Waals surface area contributed by atoms with Crippen LogP contribution >= 0.6 is 27.7 Å². The molecule has 4 heteroatoms. The van der Waals surface area contributed by atoms with Gasteiger partial charge >= 0.3 is 0 Å². The van der Waals surface area contributed by atoms with E-state index in [0.717, 1.165) is 28.7 Å². The van der Waals surface area contributed by atoms with Gasteiger partial charge in [0.2, 0.25) is 0 Å². The Morgan fingerprint density at radius 1 is 1.33 bits per heavy atom. The average molecular weight is 370 g/mol. The van der Waals surface area contributed by atoms with Crippen molar-refractivity contribution in [3.63, 3.8) is 0 Å². The molecule has 0 aromatic heterocycles. The van der Waals surface area contributed by atoms with Gasteiger partial charge in [0, 0.05) is 29.3 Å². The van der Waals surface area contributed by atoms with Gasteiger partial charge in [-0.15, -0.1) is 0 Å². The van der Waals surface area contributed by atoms with E-state index in [9.17, 15) is 4.79 Å². The Labute approximate surface area is 141 Å². The van der Waals surface area contributed by atoms with Gasteiger partial charge in [-0.3, -0.25) is 4.79 Å². The van der Waals surface area contributed by atoms with Crippen LogP contribution in [0.5, 0.6) is 0 Å². The highest BCUT2D eigenvalue weighted by Gasteiger charge is 2.14. The third-order valence-electron chi connectivity index (χ3n) is 3.11. The minimum Gasteiger partial charge on any atom is -0.377 e. The zero-order chi connectivity index (χ0) is 15.8. The number of benzene rings is 1. The molecule has 0 amide bonds. The Morgan fingerprint density at radius 2 is 2.00 bits per heavy atom. The summed E-state index contributed by atoms with van der Waals surface area (Å²) in [6.45, 7) is 10.2. The van der Waals surface area contributed by atoms with Gasteiger partial charge in [0.15, 0.2) is 5.78 Å². The second-order valence-electron chi connectivity index (χ2n) is 5.06. The minimum absolute atomic E-state index is 0.193. The molecule has 0 aliphatic heterocycles. The molecule has 0 spiro atoms. The smallest absolute Gasteiger partial charge is 0.174 e. The van der Waals surface area contributed by atoms with E-state index < -0.39 is 0 Å². The number of thioether (sulfide) groups is 1. The van der Waals surface area contributed by atoms with Crippen LogP contribution in [0.1, 0.15) is 33.3 Å². The lowest BCUT2D eigenvalue weighted by Crippen LogP contribution is -2.18. The quantitative estimate of drug-likeness (QED) is 0.611. The van der Waals surface area contributed by atoms with E-state index in [0.29, 0.717) is 11.0 Å². The fourth-order valence-corrected chi connectivity index (χ4v) is 2.91. The first-order chi connectivity index (χ1) is 9.97. The molecule has 0 aliphatic rings. The fourth-order valence-electron chi connectivity index (χ4n) is 1.87. The summed E-state index contributed by atoms with van der Waals surface area (Å²) in [7, 11) is 0. The maximum Gasteiger partial charge on any atom is 0.174 e. The molecule has 0 N–H and O–H groups in total. The van der Waals surface area contributed by atoms with Gasteiger partial charge in [0.1, 0.15) is 0 Å². The predicted molar refractivity (Wildman–Crippen MR) is 97.6 cm³/mol.